The van der Waals surface area contributed by atoms with Crippen molar-refractivity contribution in [2.75, 3.05) is 16.9 Å². The first-order valence-electron chi connectivity index (χ1n) is 10.5. The number of aromatic nitrogens is 4. The first-order valence-corrected chi connectivity index (χ1v) is 11.3. The van der Waals surface area contributed by atoms with Gasteiger partial charge in [-0.2, -0.15) is 0 Å². The minimum Gasteiger partial charge on any atom is -0.465 e. The van der Waals surface area contributed by atoms with Crippen LogP contribution in [0.25, 0.3) is 0 Å². The van der Waals surface area contributed by atoms with E-state index in [1.165, 1.54) is 12.1 Å². The SMILES string of the molecule is COC1(O)C(N(C(=O)O)c2cc(C(C)(C)C)c(Cl)nn2)NC(=O)N1c1cc(C(C)(C)C)c(Cl)nn1. The van der Waals surface area contributed by atoms with Crippen LogP contribution in [0.1, 0.15) is 52.7 Å². The van der Waals surface area contributed by atoms with E-state index >= 15 is 0 Å². The summed E-state index contributed by atoms with van der Waals surface area (Å²) in [6, 6.07) is 2.01. The third kappa shape index (κ3) is 4.83. The van der Waals surface area contributed by atoms with E-state index in [0.717, 1.165) is 12.0 Å². The van der Waals surface area contributed by atoms with Crippen molar-refractivity contribution >= 4 is 47.0 Å². The minimum atomic E-state index is -2.55. The molecule has 190 valence electrons. The maximum Gasteiger partial charge on any atom is 0.415 e. The van der Waals surface area contributed by atoms with Crippen LogP contribution < -0.4 is 15.1 Å². The van der Waals surface area contributed by atoms with Crippen molar-refractivity contribution < 1.29 is 24.5 Å². The molecule has 1 saturated heterocycles. The second kappa shape index (κ2) is 9.01. The van der Waals surface area contributed by atoms with Gasteiger partial charge in [0, 0.05) is 18.2 Å². The van der Waals surface area contributed by atoms with E-state index < -0.39 is 35.0 Å². The van der Waals surface area contributed by atoms with Gasteiger partial charge in [-0.25, -0.2) is 19.4 Å². The molecule has 1 aliphatic rings. The van der Waals surface area contributed by atoms with Crippen molar-refractivity contribution in [3.8, 4) is 0 Å². The number of hydrogen-bond acceptors (Lipinski definition) is 8. The van der Waals surface area contributed by atoms with Gasteiger partial charge in [0.05, 0.1) is 0 Å². The fraction of sp³-hybridized carbons (Fsp3) is 0.524. The Morgan fingerprint density at radius 3 is 2.06 bits per heavy atom. The number of carbonyl (C=O) groups is 2. The van der Waals surface area contributed by atoms with E-state index in [9.17, 15) is 19.8 Å². The summed E-state index contributed by atoms with van der Waals surface area (Å²) in [6.07, 6.45) is -3.21. The number of hydrogen-bond donors (Lipinski definition) is 3. The van der Waals surface area contributed by atoms with Crippen LogP contribution in [0.15, 0.2) is 12.1 Å². The predicted molar refractivity (Wildman–Crippen MR) is 129 cm³/mol. The van der Waals surface area contributed by atoms with E-state index in [-0.39, 0.29) is 21.9 Å². The number of methoxy groups -OCH3 is 1. The lowest BCUT2D eigenvalue weighted by atomic mass is 9.88. The number of urea groups is 1. The van der Waals surface area contributed by atoms with Crippen LogP contribution in [0.4, 0.5) is 21.2 Å². The Hall–Kier alpha value is -2.80. The zero-order valence-corrected chi connectivity index (χ0v) is 21.8. The third-order valence-corrected chi connectivity index (χ3v) is 6.03. The summed E-state index contributed by atoms with van der Waals surface area (Å²) in [5.74, 6) is -2.84. The van der Waals surface area contributed by atoms with Crippen molar-refractivity contribution in [2.24, 2.45) is 0 Å². The lowest BCUT2D eigenvalue weighted by Crippen LogP contribution is -2.62. The molecule has 2 unspecified atom stereocenters. The Morgan fingerprint density at radius 2 is 1.57 bits per heavy atom. The molecule has 0 bridgehead atoms. The van der Waals surface area contributed by atoms with E-state index in [1.54, 1.807) is 0 Å². The molecule has 1 aliphatic heterocycles. The van der Waals surface area contributed by atoms with Crippen LogP contribution in [0, 0.1) is 0 Å². The molecule has 3 rings (SSSR count). The highest BCUT2D eigenvalue weighted by Gasteiger charge is 2.59. The lowest BCUT2D eigenvalue weighted by Gasteiger charge is -2.37. The molecular formula is C21H27Cl2N7O5. The number of amides is 3. The molecule has 3 N–H and O–H groups in total. The van der Waals surface area contributed by atoms with Crippen LogP contribution in [-0.2, 0) is 15.6 Å². The molecule has 12 nitrogen and oxygen atoms in total. The van der Waals surface area contributed by atoms with E-state index in [4.69, 9.17) is 27.9 Å². The average Bonchev–Trinajstić information content (AvgIpc) is 2.98. The van der Waals surface area contributed by atoms with Crippen LogP contribution in [0.3, 0.4) is 0 Å². The molecule has 0 radical (unpaired) electrons. The van der Waals surface area contributed by atoms with Gasteiger partial charge >= 0.3 is 12.1 Å². The molecule has 0 spiro atoms. The molecular weight excluding hydrogens is 501 g/mol. The zero-order chi connectivity index (χ0) is 26.5. The van der Waals surface area contributed by atoms with E-state index in [1.807, 2.05) is 41.5 Å². The van der Waals surface area contributed by atoms with Gasteiger partial charge in [0.25, 0.3) is 5.91 Å². The Kier molecular flexibility index (Phi) is 6.90. The molecule has 3 heterocycles. The summed E-state index contributed by atoms with van der Waals surface area (Å²) in [4.78, 5) is 26.8. The molecule has 2 aromatic heterocycles. The number of carboxylic acid groups (broad SMARTS) is 1. The van der Waals surface area contributed by atoms with Crippen molar-refractivity contribution in [1.29, 1.82) is 0 Å². The average molecular weight is 528 g/mol. The number of nitrogens with zero attached hydrogens (tertiary/aromatic N) is 6. The van der Waals surface area contributed by atoms with Crippen molar-refractivity contribution in [3.63, 3.8) is 0 Å². The Morgan fingerprint density at radius 1 is 1.06 bits per heavy atom. The molecule has 14 heteroatoms. The summed E-state index contributed by atoms with van der Waals surface area (Å²) < 4.78 is 5.30. The topological polar surface area (TPSA) is 154 Å². The van der Waals surface area contributed by atoms with Gasteiger partial charge in [0.1, 0.15) is 0 Å². The standard InChI is InChI=1S/C21H27Cl2N7O5/c1-19(2,3)10-8-12(25-27-14(10)22)29(18(32)33)16-21(34,35-7)30(17(31)24-16)13-9-11(20(4,5)6)15(23)28-26-13/h8-9,16,34H,1-7H3,(H,24,31)(H,32,33). The van der Waals surface area contributed by atoms with Gasteiger partial charge in [-0.3, -0.25) is 0 Å². The maximum absolute atomic E-state index is 13.0. The lowest BCUT2D eigenvalue weighted by molar-refractivity contribution is -0.185. The normalized spacial score (nSPS) is 20.7. The van der Waals surface area contributed by atoms with Gasteiger partial charge in [0.2, 0.25) is 0 Å². The largest absolute Gasteiger partial charge is 0.465 e. The van der Waals surface area contributed by atoms with Crippen LogP contribution in [-0.4, -0.2) is 61.9 Å². The molecule has 1 fully saturated rings. The highest BCUT2D eigenvalue weighted by Crippen LogP contribution is 2.37. The Bertz CT molecular complexity index is 1170. The van der Waals surface area contributed by atoms with Gasteiger partial charge in [-0.05, 0) is 23.0 Å². The second-order valence-corrected chi connectivity index (χ2v) is 10.7. The molecule has 2 atom stereocenters. The second-order valence-electron chi connectivity index (χ2n) is 10.0. The highest BCUT2D eigenvalue weighted by molar-refractivity contribution is 6.30. The summed E-state index contributed by atoms with van der Waals surface area (Å²) in [5, 5.41) is 39.8. The Balaban J connectivity index is 2.14. The number of ether oxygens (including phenoxy) is 1. The smallest absolute Gasteiger partial charge is 0.415 e. The number of nitrogens with one attached hydrogen (secondary N) is 1. The van der Waals surface area contributed by atoms with E-state index in [2.05, 4.69) is 25.7 Å². The van der Waals surface area contributed by atoms with Crippen LogP contribution >= 0.6 is 23.2 Å². The van der Waals surface area contributed by atoms with Crippen molar-refractivity contribution in [1.82, 2.24) is 25.7 Å². The first-order chi connectivity index (χ1) is 16.0. The summed E-state index contributed by atoms with van der Waals surface area (Å²) in [5.41, 5.74) is 0.0811. The minimum absolute atomic E-state index is 0.0943. The van der Waals surface area contributed by atoms with Gasteiger partial charge in [-0.15, -0.1) is 20.4 Å². The van der Waals surface area contributed by atoms with Crippen LogP contribution in [0.5, 0.6) is 0 Å². The predicted octanol–water partition coefficient (Wildman–Crippen LogP) is 3.50. The monoisotopic (exact) mass is 527 g/mol. The molecule has 3 amide bonds. The summed E-state index contributed by atoms with van der Waals surface area (Å²) >= 11 is 12.4. The van der Waals surface area contributed by atoms with Gasteiger partial charge < -0.3 is 20.3 Å². The zero-order valence-electron chi connectivity index (χ0n) is 20.3. The summed E-state index contributed by atoms with van der Waals surface area (Å²) in [6.45, 7) is 11.2. The third-order valence-electron chi connectivity index (χ3n) is 5.47. The van der Waals surface area contributed by atoms with Gasteiger partial charge in [-0.1, -0.05) is 64.7 Å². The molecule has 2 aromatic rings. The Labute approximate surface area is 212 Å². The number of rotatable bonds is 4. The molecule has 35 heavy (non-hydrogen) atoms. The summed E-state index contributed by atoms with van der Waals surface area (Å²) in [7, 11) is 1.11. The first kappa shape index (κ1) is 26.8. The molecule has 0 saturated carbocycles. The maximum atomic E-state index is 13.0. The van der Waals surface area contributed by atoms with Crippen molar-refractivity contribution in [2.45, 2.75) is 64.4 Å². The molecule has 0 aliphatic carbocycles. The highest BCUT2D eigenvalue weighted by atomic mass is 35.5. The van der Waals surface area contributed by atoms with Crippen molar-refractivity contribution in [3.05, 3.63) is 33.6 Å². The fourth-order valence-electron chi connectivity index (χ4n) is 3.60. The number of aliphatic hydroxyl groups is 1. The van der Waals surface area contributed by atoms with Crippen LogP contribution in [0.2, 0.25) is 10.3 Å². The van der Waals surface area contributed by atoms with Gasteiger partial charge in [0.15, 0.2) is 28.1 Å². The van der Waals surface area contributed by atoms with E-state index in [0.29, 0.717) is 16.0 Å². The number of anilines is 2. The quantitative estimate of drug-likeness (QED) is 0.506. The fourth-order valence-corrected chi connectivity index (χ4v) is 4.35. The number of halogens is 2. The number of carbonyl (C=O) groups excluding carboxylic acids is 1. The molecule has 0 aromatic carbocycles.